The number of likely N-dealkylation sites (tertiary alicyclic amines) is 1. The molecular weight excluding hydrogens is 360 g/mol. The first kappa shape index (κ1) is 18.3. The number of anilines is 1. The van der Waals surface area contributed by atoms with Crippen molar-refractivity contribution in [3.8, 4) is 6.07 Å². The number of urea groups is 1. The lowest BCUT2D eigenvalue weighted by atomic mass is 10.0. The van der Waals surface area contributed by atoms with E-state index in [2.05, 4.69) is 10.3 Å². The van der Waals surface area contributed by atoms with E-state index in [9.17, 15) is 9.59 Å². The quantitative estimate of drug-likeness (QED) is 0.816. The van der Waals surface area contributed by atoms with Crippen LogP contribution in [0.15, 0.2) is 18.3 Å². The van der Waals surface area contributed by atoms with Crippen LogP contribution in [0, 0.1) is 11.3 Å². The van der Waals surface area contributed by atoms with Gasteiger partial charge in [-0.15, -0.1) is 0 Å². The predicted octanol–water partition coefficient (Wildman–Crippen LogP) is 1.65. The summed E-state index contributed by atoms with van der Waals surface area (Å²) in [6, 6.07) is 5.42. The van der Waals surface area contributed by atoms with Gasteiger partial charge < -0.3 is 25.6 Å². The first-order valence-electron chi connectivity index (χ1n) is 9.69. The molecule has 28 heavy (non-hydrogen) atoms. The minimum absolute atomic E-state index is 0.0875. The van der Waals surface area contributed by atoms with Crippen LogP contribution in [0.5, 0.6) is 0 Å². The number of amides is 3. The number of rotatable bonds is 3. The zero-order valence-corrected chi connectivity index (χ0v) is 15.6. The third kappa shape index (κ3) is 3.67. The molecule has 148 valence electrons. The first-order chi connectivity index (χ1) is 13.5. The Bertz CT molecular complexity index is 778. The van der Waals surface area contributed by atoms with Crippen molar-refractivity contribution in [2.45, 2.75) is 56.3 Å². The minimum atomic E-state index is -0.373. The van der Waals surface area contributed by atoms with Crippen LogP contribution >= 0.6 is 0 Å². The van der Waals surface area contributed by atoms with Crippen LogP contribution in [0.2, 0.25) is 0 Å². The fourth-order valence-corrected chi connectivity index (χ4v) is 4.60. The lowest BCUT2D eigenvalue weighted by molar-refractivity contribution is 0.0187. The maximum Gasteiger partial charge on any atom is 0.410 e. The second kappa shape index (κ2) is 7.54. The number of ether oxygens (including phenoxy) is 1. The minimum Gasteiger partial charge on any atom is -0.446 e. The number of carbonyl (C=O) groups is 2. The molecule has 9 heteroatoms. The Morgan fingerprint density at radius 1 is 1.25 bits per heavy atom. The number of carbonyl (C=O) groups excluding carboxylic acids is 2. The van der Waals surface area contributed by atoms with Crippen molar-refractivity contribution in [1.82, 2.24) is 14.8 Å². The zero-order valence-electron chi connectivity index (χ0n) is 15.6. The smallest absolute Gasteiger partial charge is 0.410 e. The molecule has 1 aromatic heterocycles. The summed E-state index contributed by atoms with van der Waals surface area (Å²) in [7, 11) is 0. The van der Waals surface area contributed by atoms with E-state index < -0.39 is 0 Å². The standard InChI is InChI=1S/C19H24N6O3/c20-9-12-1-4-17(22-10-12)23-13-5-6-24(11-13)19(27)28-16-7-14-2-3-15(8-16)25(14)18(21)26/h1,4,10,13-16H,2-3,5-8,11H2,(H2,21,26)(H,22,23)/t13-,14?,15?,16?/m1/s1. The SMILES string of the molecule is N#Cc1ccc(N[C@@H]2CCN(C(=O)OC3CC4CCC(C3)N4C(N)=O)C2)nc1. The highest BCUT2D eigenvalue weighted by atomic mass is 16.6. The molecule has 3 fully saturated rings. The van der Waals surface area contributed by atoms with Gasteiger partial charge in [0.05, 0.1) is 5.56 Å². The fourth-order valence-electron chi connectivity index (χ4n) is 4.60. The Balaban J connectivity index is 1.27. The molecule has 0 spiro atoms. The summed E-state index contributed by atoms with van der Waals surface area (Å²) < 4.78 is 5.74. The fraction of sp³-hybridized carbons (Fsp3) is 0.579. The molecule has 3 N–H and O–H groups in total. The molecule has 2 bridgehead atoms. The van der Waals surface area contributed by atoms with Gasteiger partial charge in [-0.2, -0.15) is 5.26 Å². The van der Waals surface area contributed by atoms with E-state index in [-0.39, 0.29) is 36.4 Å². The number of nitrogens with two attached hydrogens (primary N) is 1. The van der Waals surface area contributed by atoms with Gasteiger partial charge in [-0.25, -0.2) is 14.6 Å². The summed E-state index contributed by atoms with van der Waals surface area (Å²) in [5.74, 6) is 0.689. The first-order valence-corrected chi connectivity index (χ1v) is 9.69. The Hall–Kier alpha value is -3.02. The van der Waals surface area contributed by atoms with Crippen molar-refractivity contribution < 1.29 is 14.3 Å². The molecule has 3 atom stereocenters. The number of primary amides is 1. The normalized spacial score (nSPS) is 28.7. The molecule has 1 aromatic rings. The third-order valence-electron chi connectivity index (χ3n) is 5.90. The molecule has 3 amide bonds. The number of hydrogen-bond donors (Lipinski definition) is 2. The average Bonchev–Trinajstić information content (AvgIpc) is 3.25. The van der Waals surface area contributed by atoms with Gasteiger partial charge in [0.25, 0.3) is 0 Å². The summed E-state index contributed by atoms with van der Waals surface area (Å²) >= 11 is 0. The van der Waals surface area contributed by atoms with Gasteiger partial charge in [0.1, 0.15) is 18.0 Å². The van der Waals surface area contributed by atoms with E-state index in [1.165, 1.54) is 6.20 Å². The van der Waals surface area contributed by atoms with Crippen LogP contribution in [0.4, 0.5) is 15.4 Å². The lowest BCUT2D eigenvalue weighted by Gasteiger charge is -2.37. The molecule has 0 radical (unpaired) electrons. The molecule has 4 heterocycles. The van der Waals surface area contributed by atoms with E-state index in [0.29, 0.717) is 37.3 Å². The molecule has 3 aliphatic heterocycles. The van der Waals surface area contributed by atoms with Gasteiger partial charge in [-0.3, -0.25) is 0 Å². The lowest BCUT2D eigenvalue weighted by Crippen LogP contribution is -2.51. The summed E-state index contributed by atoms with van der Waals surface area (Å²) in [6.07, 6.45) is 5.05. The summed E-state index contributed by atoms with van der Waals surface area (Å²) in [4.78, 5) is 31.8. The molecule has 0 aliphatic carbocycles. The van der Waals surface area contributed by atoms with Crippen molar-refractivity contribution in [3.05, 3.63) is 23.9 Å². The Morgan fingerprint density at radius 3 is 2.61 bits per heavy atom. The number of piperidine rings is 1. The number of hydrogen-bond acceptors (Lipinski definition) is 6. The van der Waals surface area contributed by atoms with Crippen molar-refractivity contribution in [1.29, 1.82) is 5.26 Å². The van der Waals surface area contributed by atoms with Gasteiger partial charge in [-0.05, 0) is 31.4 Å². The number of nitrogens with zero attached hydrogens (tertiary/aromatic N) is 4. The summed E-state index contributed by atoms with van der Waals surface area (Å²) in [5, 5.41) is 12.1. The highest BCUT2D eigenvalue weighted by Crippen LogP contribution is 2.36. The van der Waals surface area contributed by atoms with Gasteiger partial charge >= 0.3 is 12.1 Å². The van der Waals surface area contributed by atoms with Crippen LogP contribution in [0.1, 0.15) is 37.7 Å². The predicted molar refractivity (Wildman–Crippen MR) is 100 cm³/mol. The Morgan fingerprint density at radius 2 is 2.00 bits per heavy atom. The van der Waals surface area contributed by atoms with E-state index in [1.54, 1.807) is 21.9 Å². The highest BCUT2D eigenvalue weighted by Gasteiger charge is 2.44. The topological polar surface area (TPSA) is 125 Å². The van der Waals surface area contributed by atoms with Gasteiger partial charge in [0.2, 0.25) is 0 Å². The van der Waals surface area contributed by atoms with Crippen molar-refractivity contribution in [2.24, 2.45) is 5.73 Å². The molecule has 3 aliphatic rings. The number of aromatic nitrogens is 1. The molecule has 4 rings (SSSR count). The van der Waals surface area contributed by atoms with Crippen LogP contribution in [-0.4, -0.2) is 64.2 Å². The average molecular weight is 384 g/mol. The molecule has 0 aromatic carbocycles. The van der Waals surface area contributed by atoms with Crippen LogP contribution in [0.3, 0.4) is 0 Å². The van der Waals surface area contributed by atoms with E-state index >= 15 is 0 Å². The third-order valence-corrected chi connectivity index (χ3v) is 5.90. The van der Waals surface area contributed by atoms with E-state index in [4.69, 9.17) is 15.7 Å². The summed E-state index contributed by atoms with van der Waals surface area (Å²) in [6.45, 7) is 1.17. The zero-order chi connectivity index (χ0) is 19.7. The Kier molecular flexibility index (Phi) is 4.94. The molecule has 2 unspecified atom stereocenters. The molecule has 9 nitrogen and oxygen atoms in total. The van der Waals surface area contributed by atoms with Gasteiger partial charge in [0, 0.05) is 50.3 Å². The maximum atomic E-state index is 12.6. The van der Waals surface area contributed by atoms with Crippen molar-refractivity contribution in [3.63, 3.8) is 0 Å². The Labute approximate surface area is 163 Å². The van der Waals surface area contributed by atoms with Crippen molar-refractivity contribution >= 4 is 17.9 Å². The largest absolute Gasteiger partial charge is 0.446 e. The second-order valence-corrected chi connectivity index (χ2v) is 7.73. The highest BCUT2D eigenvalue weighted by molar-refractivity contribution is 5.73. The van der Waals surface area contributed by atoms with Crippen LogP contribution in [-0.2, 0) is 4.74 Å². The monoisotopic (exact) mass is 384 g/mol. The van der Waals surface area contributed by atoms with E-state index in [1.807, 2.05) is 6.07 Å². The van der Waals surface area contributed by atoms with Crippen LogP contribution < -0.4 is 11.1 Å². The van der Waals surface area contributed by atoms with Gasteiger partial charge in [-0.1, -0.05) is 0 Å². The number of fused-ring (bicyclic) bond motifs is 2. The number of pyridine rings is 1. The summed E-state index contributed by atoms with van der Waals surface area (Å²) in [5.41, 5.74) is 5.98. The maximum absolute atomic E-state index is 12.6. The number of nitrogens with one attached hydrogen (secondary N) is 1. The molecular formula is C19H24N6O3. The second-order valence-electron chi connectivity index (χ2n) is 7.73. The van der Waals surface area contributed by atoms with Gasteiger partial charge in [0.15, 0.2) is 0 Å². The van der Waals surface area contributed by atoms with Crippen molar-refractivity contribution in [2.75, 3.05) is 18.4 Å². The van der Waals surface area contributed by atoms with E-state index in [0.717, 1.165) is 19.3 Å². The van der Waals surface area contributed by atoms with Crippen LogP contribution in [0.25, 0.3) is 0 Å². The molecule has 0 saturated carbocycles. The molecule has 3 saturated heterocycles. The number of nitriles is 1.